The van der Waals surface area contributed by atoms with Crippen molar-refractivity contribution >= 4 is 16.7 Å². The third kappa shape index (κ3) is 1.73. The van der Waals surface area contributed by atoms with Gasteiger partial charge < -0.3 is 9.32 Å². The van der Waals surface area contributed by atoms with E-state index in [0.717, 1.165) is 35.8 Å². The van der Waals surface area contributed by atoms with Gasteiger partial charge in [-0.25, -0.2) is 0 Å². The highest BCUT2D eigenvalue weighted by Gasteiger charge is 2.65. The topological polar surface area (TPSA) is 16.4 Å². The Bertz CT molecular complexity index is 1000. The van der Waals surface area contributed by atoms with Gasteiger partial charge in [-0.15, -0.1) is 0 Å². The second-order valence-electron chi connectivity index (χ2n) is 9.46. The van der Waals surface area contributed by atoms with Crippen LogP contribution in [0.2, 0.25) is 0 Å². The first-order chi connectivity index (χ1) is 13.3. The summed E-state index contributed by atoms with van der Waals surface area (Å²) in [6, 6.07) is 19.8. The van der Waals surface area contributed by atoms with Gasteiger partial charge in [-0.1, -0.05) is 36.4 Å². The maximum absolute atomic E-state index is 6.70. The van der Waals surface area contributed by atoms with Gasteiger partial charge in [0.2, 0.25) is 0 Å². The normalized spacial score (nSPS) is 36.1. The minimum absolute atomic E-state index is 0.0864. The van der Waals surface area contributed by atoms with Crippen molar-refractivity contribution in [1.29, 1.82) is 0 Å². The van der Waals surface area contributed by atoms with Crippen molar-refractivity contribution in [2.24, 2.45) is 23.7 Å². The van der Waals surface area contributed by atoms with Crippen molar-refractivity contribution in [2.45, 2.75) is 44.2 Å². The summed E-state index contributed by atoms with van der Waals surface area (Å²) < 4.78 is 6.70. The summed E-state index contributed by atoms with van der Waals surface area (Å²) in [4.78, 5) is 2.75. The van der Waals surface area contributed by atoms with Crippen molar-refractivity contribution < 1.29 is 4.42 Å². The second kappa shape index (κ2) is 4.98. The quantitative estimate of drug-likeness (QED) is 0.524. The predicted molar refractivity (Wildman–Crippen MR) is 108 cm³/mol. The van der Waals surface area contributed by atoms with E-state index in [9.17, 15) is 0 Å². The lowest BCUT2D eigenvalue weighted by Crippen LogP contribution is -2.61. The van der Waals surface area contributed by atoms with Gasteiger partial charge in [0.25, 0.3) is 0 Å². The molecule has 5 aliphatic rings. The molecule has 8 rings (SSSR count). The summed E-state index contributed by atoms with van der Waals surface area (Å²) >= 11 is 0. The Morgan fingerprint density at radius 2 is 1.44 bits per heavy atom. The molecular weight excluding hydrogens is 330 g/mol. The van der Waals surface area contributed by atoms with E-state index in [0.29, 0.717) is 0 Å². The van der Waals surface area contributed by atoms with E-state index in [1.165, 1.54) is 54.5 Å². The van der Waals surface area contributed by atoms with Crippen LogP contribution in [0.25, 0.3) is 11.0 Å². The number of hydrogen-bond donors (Lipinski definition) is 0. The molecule has 2 heteroatoms. The number of benzene rings is 2. The molecule has 3 aromatic rings. The molecule has 4 saturated carbocycles. The molecule has 0 saturated heterocycles. The fourth-order valence-electron chi connectivity index (χ4n) is 7.62. The van der Waals surface area contributed by atoms with Gasteiger partial charge in [0.1, 0.15) is 16.9 Å². The molecule has 0 radical (unpaired) electrons. The summed E-state index contributed by atoms with van der Waals surface area (Å²) in [7, 11) is 0. The van der Waals surface area contributed by atoms with Crippen LogP contribution in [0, 0.1) is 23.7 Å². The standard InChI is InChI=1S/C25H25NO/c1-2-6-20(7-3-1)26-15-22-21-8-4-5-9-23(21)27-24(22)25(26)18-11-16-10-17(13-18)14-19(25)12-16/h1-9,16-19H,10-15H2. The van der Waals surface area contributed by atoms with Crippen molar-refractivity contribution in [1.82, 2.24) is 0 Å². The third-order valence-electron chi connectivity index (χ3n) is 8.28. The average Bonchev–Trinajstić information content (AvgIpc) is 3.21. The molecule has 1 aliphatic heterocycles. The van der Waals surface area contributed by atoms with Crippen LogP contribution in [0.5, 0.6) is 0 Å². The number of fused-ring (bicyclic) bond motifs is 3. The van der Waals surface area contributed by atoms with Crippen molar-refractivity contribution in [3.8, 4) is 0 Å². The lowest BCUT2D eigenvalue weighted by atomic mass is 9.48. The number of para-hydroxylation sites is 2. The first kappa shape index (κ1) is 14.8. The van der Waals surface area contributed by atoms with E-state index < -0.39 is 0 Å². The van der Waals surface area contributed by atoms with Gasteiger partial charge >= 0.3 is 0 Å². The van der Waals surface area contributed by atoms with E-state index >= 15 is 0 Å². The van der Waals surface area contributed by atoms with Crippen LogP contribution in [-0.2, 0) is 12.1 Å². The Kier molecular flexibility index (Phi) is 2.73. The molecule has 0 N–H and O–H groups in total. The van der Waals surface area contributed by atoms with Gasteiger partial charge in [0.15, 0.2) is 0 Å². The first-order valence-corrected chi connectivity index (χ1v) is 10.7. The monoisotopic (exact) mass is 355 g/mol. The molecule has 4 fully saturated rings. The fourth-order valence-corrected chi connectivity index (χ4v) is 7.62. The van der Waals surface area contributed by atoms with E-state index in [1.807, 2.05) is 0 Å². The van der Waals surface area contributed by atoms with Crippen LogP contribution >= 0.6 is 0 Å². The van der Waals surface area contributed by atoms with Crippen LogP contribution < -0.4 is 4.90 Å². The highest BCUT2D eigenvalue weighted by molar-refractivity contribution is 5.85. The van der Waals surface area contributed by atoms with Crippen molar-refractivity contribution in [3.63, 3.8) is 0 Å². The second-order valence-corrected chi connectivity index (χ2v) is 9.46. The predicted octanol–water partition coefficient (Wildman–Crippen LogP) is 6.10. The number of anilines is 1. The highest BCUT2D eigenvalue weighted by atomic mass is 16.3. The molecule has 1 spiro atoms. The zero-order chi connectivity index (χ0) is 17.6. The molecule has 2 heterocycles. The Morgan fingerprint density at radius 1 is 0.778 bits per heavy atom. The van der Waals surface area contributed by atoms with Crippen LogP contribution in [-0.4, -0.2) is 0 Å². The van der Waals surface area contributed by atoms with Crippen molar-refractivity contribution in [2.75, 3.05) is 4.90 Å². The number of rotatable bonds is 1. The first-order valence-electron chi connectivity index (χ1n) is 10.7. The molecule has 1 aromatic heterocycles. The van der Waals surface area contributed by atoms with E-state index in [1.54, 1.807) is 0 Å². The van der Waals surface area contributed by atoms with Gasteiger partial charge in [-0.05, 0) is 74.0 Å². The minimum Gasteiger partial charge on any atom is -0.458 e. The van der Waals surface area contributed by atoms with Crippen LogP contribution in [0.3, 0.4) is 0 Å². The van der Waals surface area contributed by atoms with Gasteiger partial charge in [-0.3, -0.25) is 0 Å². The zero-order valence-electron chi connectivity index (χ0n) is 15.6. The number of furan rings is 1. The molecule has 136 valence electrons. The fraction of sp³-hybridized carbons (Fsp3) is 0.440. The van der Waals surface area contributed by atoms with Gasteiger partial charge in [0.05, 0.1) is 0 Å². The summed E-state index contributed by atoms with van der Waals surface area (Å²) in [5.41, 5.74) is 4.01. The Balaban J connectivity index is 1.50. The minimum atomic E-state index is 0.0864. The SMILES string of the molecule is c1ccc(N2Cc3c(oc4ccccc34)C23C2CC4CC(C2)CC3C4)cc1. The molecule has 0 amide bonds. The number of hydrogen-bond acceptors (Lipinski definition) is 2. The van der Waals surface area contributed by atoms with Crippen molar-refractivity contribution in [3.05, 3.63) is 65.9 Å². The van der Waals surface area contributed by atoms with Gasteiger partial charge in [0, 0.05) is 23.2 Å². The molecule has 27 heavy (non-hydrogen) atoms. The summed E-state index contributed by atoms with van der Waals surface area (Å²) in [6.07, 6.45) is 7.07. The van der Waals surface area contributed by atoms with Crippen LogP contribution in [0.15, 0.2) is 59.0 Å². The zero-order valence-corrected chi connectivity index (χ0v) is 15.6. The molecule has 0 atom stereocenters. The Hall–Kier alpha value is -2.22. The Morgan fingerprint density at radius 3 is 2.19 bits per heavy atom. The van der Waals surface area contributed by atoms with E-state index in [4.69, 9.17) is 4.42 Å². The van der Waals surface area contributed by atoms with Crippen LogP contribution in [0.1, 0.15) is 43.4 Å². The molecular formula is C25H25NO. The summed E-state index contributed by atoms with van der Waals surface area (Å²) in [5.74, 6) is 4.74. The molecule has 4 bridgehead atoms. The van der Waals surface area contributed by atoms with Crippen LogP contribution in [0.4, 0.5) is 5.69 Å². The van der Waals surface area contributed by atoms with E-state index in [-0.39, 0.29) is 5.54 Å². The third-order valence-corrected chi connectivity index (χ3v) is 8.28. The smallest absolute Gasteiger partial charge is 0.136 e. The Labute approximate surface area is 160 Å². The van der Waals surface area contributed by atoms with E-state index in [2.05, 4.69) is 59.5 Å². The highest BCUT2D eigenvalue weighted by Crippen LogP contribution is 2.67. The molecule has 4 aliphatic carbocycles. The average molecular weight is 355 g/mol. The number of nitrogens with zero attached hydrogens (tertiary/aromatic N) is 1. The lowest BCUT2D eigenvalue weighted by molar-refractivity contribution is -0.0664. The lowest BCUT2D eigenvalue weighted by Gasteiger charge is -2.62. The molecule has 2 nitrogen and oxygen atoms in total. The summed E-state index contributed by atoms with van der Waals surface area (Å²) in [5, 5.41) is 1.33. The van der Waals surface area contributed by atoms with Gasteiger partial charge in [-0.2, -0.15) is 0 Å². The maximum Gasteiger partial charge on any atom is 0.136 e. The largest absolute Gasteiger partial charge is 0.458 e. The summed E-state index contributed by atoms with van der Waals surface area (Å²) in [6.45, 7) is 0.999. The molecule has 2 aromatic carbocycles. The maximum atomic E-state index is 6.70. The molecule has 0 unspecified atom stereocenters.